The molecule has 20 heavy (non-hydrogen) atoms. The van der Waals surface area contributed by atoms with E-state index in [0.717, 1.165) is 0 Å². The molecule has 0 saturated heterocycles. The zero-order valence-corrected chi connectivity index (χ0v) is 11.6. The molecule has 0 aliphatic heterocycles. The van der Waals surface area contributed by atoms with Crippen LogP contribution in [0.25, 0.3) is 0 Å². The normalized spacial score (nSPS) is 12.9. The first-order valence-corrected chi connectivity index (χ1v) is 6.50. The molecule has 1 aromatic carbocycles. The van der Waals surface area contributed by atoms with Crippen molar-refractivity contribution in [3.05, 3.63) is 47.5 Å². The van der Waals surface area contributed by atoms with Crippen LogP contribution >= 0.6 is 0 Å². The van der Waals surface area contributed by atoms with Crippen molar-refractivity contribution < 1.29 is 23.8 Å². The fourth-order valence-electron chi connectivity index (χ4n) is 1.65. The van der Waals surface area contributed by atoms with Gasteiger partial charge in [0.2, 0.25) is 0 Å². The number of carbonyl (C=O) groups is 1. The highest BCUT2D eigenvalue weighted by Crippen LogP contribution is 2.22. The number of esters is 1. The quantitative estimate of drug-likeness (QED) is 0.474. The maximum Gasteiger partial charge on any atom is 0.334 e. The van der Waals surface area contributed by atoms with Crippen LogP contribution in [0.1, 0.15) is 31.9 Å². The van der Waals surface area contributed by atoms with Crippen molar-refractivity contribution in [1.82, 2.24) is 0 Å². The Morgan fingerprint density at radius 3 is 2.40 bits per heavy atom. The zero-order valence-electron chi connectivity index (χ0n) is 11.6. The third kappa shape index (κ3) is 5.40. The van der Waals surface area contributed by atoms with Gasteiger partial charge in [-0.25, -0.2) is 9.18 Å². The van der Waals surface area contributed by atoms with Crippen LogP contribution < -0.4 is 0 Å². The van der Waals surface area contributed by atoms with Gasteiger partial charge in [0.05, 0.1) is 25.4 Å². The van der Waals surface area contributed by atoms with Crippen molar-refractivity contribution in [2.45, 2.75) is 26.4 Å². The van der Waals surface area contributed by atoms with E-state index in [4.69, 9.17) is 9.47 Å². The Hall–Kier alpha value is -1.88. The molecule has 4 nitrogen and oxygen atoms in total. The fraction of sp³-hybridized carbons (Fsp3) is 0.400. The second-order valence-corrected chi connectivity index (χ2v) is 4.07. The summed E-state index contributed by atoms with van der Waals surface area (Å²) in [7, 11) is 0. The number of rotatable bonds is 7. The zero-order chi connectivity index (χ0) is 15.0. The van der Waals surface area contributed by atoms with Gasteiger partial charge in [-0.15, -0.1) is 0 Å². The summed E-state index contributed by atoms with van der Waals surface area (Å²) in [6.45, 7) is 4.14. The molecule has 1 atom stereocenters. The van der Waals surface area contributed by atoms with Crippen LogP contribution in [0.4, 0.5) is 4.39 Å². The Kier molecular flexibility index (Phi) is 6.73. The highest BCUT2D eigenvalue weighted by Gasteiger charge is 2.13. The number of benzene rings is 1. The summed E-state index contributed by atoms with van der Waals surface area (Å²) >= 11 is 0. The summed E-state index contributed by atoms with van der Waals surface area (Å²) in [5.74, 6) is -0.543. The van der Waals surface area contributed by atoms with Gasteiger partial charge in [0, 0.05) is 6.42 Å². The minimum absolute atomic E-state index is 0.123. The monoisotopic (exact) mass is 282 g/mol. The van der Waals surface area contributed by atoms with Gasteiger partial charge in [0.25, 0.3) is 0 Å². The van der Waals surface area contributed by atoms with Crippen molar-refractivity contribution >= 4 is 5.97 Å². The SMILES string of the molecule is CCOC(=O)/C=C(\C[C@@H](O)c1ccc(F)cc1)OCC. The maximum absolute atomic E-state index is 12.8. The van der Waals surface area contributed by atoms with Crippen LogP contribution in [-0.2, 0) is 14.3 Å². The second-order valence-electron chi connectivity index (χ2n) is 4.07. The van der Waals surface area contributed by atoms with E-state index < -0.39 is 12.1 Å². The largest absolute Gasteiger partial charge is 0.498 e. The summed E-state index contributed by atoms with van der Waals surface area (Å²) in [6.07, 6.45) is 0.473. The Bertz CT molecular complexity index is 453. The van der Waals surface area contributed by atoms with E-state index in [0.29, 0.717) is 17.9 Å². The Morgan fingerprint density at radius 1 is 1.25 bits per heavy atom. The molecule has 0 fully saturated rings. The molecule has 1 rings (SSSR count). The van der Waals surface area contributed by atoms with Gasteiger partial charge >= 0.3 is 5.97 Å². The van der Waals surface area contributed by atoms with E-state index in [1.54, 1.807) is 13.8 Å². The van der Waals surface area contributed by atoms with Crippen LogP contribution in [0, 0.1) is 5.82 Å². The van der Waals surface area contributed by atoms with Crippen molar-refractivity contribution in [2.75, 3.05) is 13.2 Å². The summed E-state index contributed by atoms with van der Waals surface area (Å²) < 4.78 is 22.9. The molecule has 0 aliphatic rings. The van der Waals surface area contributed by atoms with E-state index >= 15 is 0 Å². The van der Waals surface area contributed by atoms with Gasteiger partial charge in [0.1, 0.15) is 11.6 Å². The topological polar surface area (TPSA) is 55.8 Å². The molecular formula is C15H19FO4. The predicted molar refractivity (Wildman–Crippen MR) is 72.3 cm³/mol. The predicted octanol–water partition coefficient (Wildman–Crippen LogP) is 2.73. The number of aliphatic hydroxyl groups excluding tert-OH is 1. The second kappa shape index (κ2) is 8.32. The van der Waals surface area contributed by atoms with E-state index in [1.807, 2.05) is 0 Å². The minimum Gasteiger partial charge on any atom is -0.498 e. The average molecular weight is 282 g/mol. The third-order valence-electron chi connectivity index (χ3n) is 2.54. The number of ether oxygens (including phenoxy) is 2. The maximum atomic E-state index is 12.8. The van der Waals surface area contributed by atoms with Crippen LogP contribution in [-0.4, -0.2) is 24.3 Å². The first kappa shape index (κ1) is 16.2. The average Bonchev–Trinajstić information content (AvgIpc) is 2.39. The summed E-state index contributed by atoms with van der Waals surface area (Å²) in [6, 6.07) is 5.53. The molecule has 0 unspecified atom stereocenters. The van der Waals surface area contributed by atoms with Crippen LogP contribution in [0.2, 0.25) is 0 Å². The molecule has 5 heteroatoms. The summed E-state index contributed by atoms with van der Waals surface area (Å²) in [5, 5.41) is 10.1. The molecule has 1 N–H and O–H groups in total. The molecule has 0 spiro atoms. The first-order valence-electron chi connectivity index (χ1n) is 6.50. The van der Waals surface area contributed by atoms with E-state index in [-0.39, 0.29) is 18.8 Å². The van der Waals surface area contributed by atoms with Gasteiger partial charge in [0.15, 0.2) is 0 Å². The molecule has 110 valence electrons. The Balaban J connectivity index is 2.74. The van der Waals surface area contributed by atoms with Crippen molar-refractivity contribution in [1.29, 1.82) is 0 Å². The lowest BCUT2D eigenvalue weighted by Gasteiger charge is -2.14. The fourth-order valence-corrected chi connectivity index (χ4v) is 1.65. The van der Waals surface area contributed by atoms with Gasteiger partial charge in [-0.1, -0.05) is 12.1 Å². The molecule has 0 radical (unpaired) electrons. The van der Waals surface area contributed by atoms with Gasteiger partial charge < -0.3 is 14.6 Å². The molecule has 0 aliphatic carbocycles. The summed E-state index contributed by atoms with van der Waals surface area (Å²) in [5.41, 5.74) is 0.556. The lowest BCUT2D eigenvalue weighted by molar-refractivity contribution is -0.137. The number of hydrogen-bond acceptors (Lipinski definition) is 4. The number of carbonyl (C=O) groups excluding carboxylic acids is 1. The van der Waals surface area contributed by atoms with Crippen molar-refractivity contribution in [2.24, 2.45) is 0 Å². The smallest absolute Gasteiger partial charge is 0.334 e. The molecule has 0 bridgehead atoms. The molecule has 0 saturated carbocycles. The van der Waals surface area contributed by atoms with Gasteiger partial charge in [-0.3, -0.25) is 0 Å². The Morgan fingerprint density at radius 2 is 1.85 bits per heavy atom. The molecule has 0 aromatic heterocycles. The van der Waals surface area contributed by atoms with E-state index in [1.165, 1.54) is 30.3 Å². The minimum atomic E-state index is -0.872. The van der Waals surface area contributed by atoms with Crippen LogP contribution in [0.15, 0.2) is 36.1 Å². The lowest BCUT2D eigenvalue weighted by atomic mass is 10.1. The first-order chi connectivity index (χ1) is 9.56. The molecular weight excluding hydrogens is 263 g/mol. The van der Waals surface area contributed by atoms with E-state index in [2.05, 4.69) is 0 Å². The van der Waals surface area contributed by atoms with Gasteiger partial charge in [-0.2, -0.15) is 0 Å². The molecule has 1 aromatic rings. The lowest BCUT2D eigenvalue weighted by Crippen LogP contribution is -2.06. The standard InChI is InChI=1S/C15H19FO4/c1-3-19-13(10-15(18)20-4-2)9-14(17)11-5-7-12(16)8-6-11/h5-8,10,14,17H,3-4,9H2,1-2H3/b13-10+/t14-/m1/s1. The molecule has 0 amide bonds. The van der Waals surface area contributed by atoms with Crippen molar-refractivity contribution in [3.8, 4) is 0 Å². The van der Waals surface area contributed by atoms with E-state index in [9.17, 15) is 14.3 Å². The highest BCUT2D eigenvalue weighted by atomic mass is 19.1. The molecule has 0 heterocycles. The van der Waals surface area contributed by atoms with Crippen molar-refractivity contribution in [3.63, 3.8) is 0 Å². The van der Waals surface area contributed by atoms with Crippen LogP contribution in [0.3, 0.4) is 0 Å². The Labute approximate surface area is 117 Å². The van der Waals surface area contributed by atoms with Gasteiger partial charge in [-0.05, 0) is 31.5 Å². The number of aliphatic hydroxyl groups is 1. The number of hydrogen-bond donors (Lipinski definition) is 1. The van der Waals surface area contributed by atoms with Crippen LogP contribution in [0.5, 0.6) is 0 Å². The number of halogens is 1. The highest BCUT2D eigenvalue weighted by molar-refractivity contribution is 5.82. The third-order valence-corrected chi connectivity index (χ3v) is 2.54. The summed E-state index contributed by atoms with van der Waals surface area (Å²) in [4.78, 5) is 11.4.